The lowest BCUT2D eigenvalue weighted by molar-refractivity contribution is -0.132. The number of urea groups is 1. The number of hydrogen-bond acceptors (Lipinski definition) is 4. The smallest absolute Gasteiger partial charge is 0.325 e. The number of carbonyl (C=O) groups excluding carboxylic acids is 3. The van der Waals surface area contributed by atoms with E-state index in [9.17, 15) is 14.4 Å². The molecule has 0 bridgehead atoms. The molecule has 1 fully saturated rings. The Hall–Kier alpha value is -1.63. The van der Waals surface area contributed by atoms with Crippen LogP contribution in [0.3, 0.4) is 0 Å². The Labute approximate surface area is 106 Å². The summed E-state index contributed by atoms with van der Waals surface area (Å²) in [6.45, 7) is 3.42. The molecule has 7 heteroatoms. The Morgan fingerprint density at radius 1 is 1.44 bits per heavy atom. The van der Waals surface area contributed by atoms with Gasteiger partial charge in [-0.2, -0.15) is 0 Å². The zero-order chi connectivity index (χ0) is 13.9. The zero-order valence-corrected chi connectivity index (χ0v) is 10.9. The van der Waals surface area contributed by atoms with Crippen molar-refractivity contribution in [1.29, 1.82) is 0 Å². The van der Waals surface area contributed by atoms with E-state index in [1.165, 1.54) is 4.90 Å². The first-order valence-electron chi connectivity index (χ1n) is 5.78. The number of hydrogen-bond donors (Lipinski definition) is 2. The first kappa shape index (κ1) is 14.4. The van der Waals surface area contributed by atoms with Gasteiger partial charge in [0.25, 0.3) is 5.91 Å². The quantitative estimate of drug-likeness (QED) is 0.628. The number of rotatable bonds is 5. The maximum atomic E-state index is 11.8. The molecule has 1 aliphatic heterocycles. The molecule has 0 saturated carbocycles. The SMILES string of the molecule is CN(CCO)C(=O)CCN1C(=O)NC(C)(C)C1=O. The van der Waals surface area contributed by atoms with E-state index in [0.717, 1.165) is 4.90 Å². The molecule has 7 nitrogen and oxygen atoms in total. The van der Waals surface area contributed by atoms with E-state index in [2.05, 4.69) is 5.32 Å². The highest BCUT2D eigenvalue weighted by atomic mass is 16.3. The fraction of sp³-hybridized carbons (Fsp3) is 0.727. The summed E-state index contributed by atoms with van der Waals surface area (Å²) >= 11 is 0. The van der Waals surface area contributed by atoms with Gasteiger partial charge in [-0.15, -0.1) is 0 Å². The number of nitrogens with zero attached hydrogens (tertiary/aromatic N) is 2. The van der Waals surface area contributed by atoms with Crippen molar-refractivity contribution in [3.63, 3.8) is 0 Å². The largest absolute Gasteiger partial charge is 0.395 e. The van der Waals surface area contributed by atoms with Gasteiger partial charge >= 0.3 is 6.03 Å². The molecule has 0 aromatic rings. The number of carbonyl (C=O) groups is 3. The van der Waals surface area contributed by atoms with Gasteiger partial charge in [0.05, 0.1) is 6.61 Å². The Balaban J connectivity index is 2.52. The van der Waals surface area contributed by atoms with Crippen molar-refractivity contribution < 1.29 is 19.5 Å². The minimum Gasteiger partial charge on any atom is -0.395 e. The standard InChI is InChI=1S/C11H19N3O4/c1-11(2)9(17)14(10(18)12-11)5-4-8(16)13(3)6-7-15/h15H,4-7H2,1-3H3,(H,12,18). The second-order valence-electron chi connectivity index (χ2n) is 4.80. The average Bonchev–Trinajstić information content (AvgIpc) is 2.46. The molecule has 102 valence electrons. The predicted octanol–water partition coefficient (Wildman–Crippen LogP) is -0.842. The van der Waals surface area contributed by atoms with E-state index in [-0.39, 0.29) is 37.9 Å². The molecular formula is C11H19N3O4. The number of imide groups is 1. The van der Waals surface area contributed by atoms with Gasteiger partial charge in [-0.3, -0.25) is 14.5 Å². The van der Waals surface area contributed by atoms with E-state index >= 15 is 0 Å². The van der Waals surface area contributed by atoms with E-state index in [0.29, 0.717) is 0 Å². The summed E-state index contributed by atoms with van der Waals surface area (Å²) in [7, 11) is 1.56. The van der Waals surface area contributed by atoms with Gasteiger partial charge in [0, 0.05) is 26.6 Å². The van der Waals surface area contributed by atoms with Gasteiger partial charge in [-0.1, -0.05) is 0 Å². The zero-order valence-electron chi connectivity index (χ0n) is 10.9. The molecule has 0 spiro atoms. The Morgan fingerprint density at radius 2 is 2.06 bits per heavy atom. The van der Waals surface area contributed by atoms with Crippen LogP contribution in [0.4, 0.5) is 4.79 Å². The summed E-state index contributed by atoms with van der Waals surface area (Å²) < 4.78 is 0. The van der Waals surface area contributed by atoms with Crippen LogP contribution in [-0.2, 0) is 9.59 Å². The van der Waals surface area contributed by atoms with Crippen LogP contribution in [0.15, 0.2) is 0 Å². The molecule has 0 unspecified atom stereocenters. The van der Waals surface area contributed by atoms with Crippen LogP contribution in [0.5, 0.6) is 0 Å². The Morgan fingerprint density at radius 3 is 2.50 bits per heavy atom. The molecule has 0 radical (unpaired) electrons. The molecule has 1 saturated heterocycles. The summed E-state index contributed by atoms with van der Waals surface area (Å²) in [5.41, 5.74) is -0.906. The van der Waals surface area contributed by atoms with Crippen molar-refractivity contribution in [3.8, 4) is 0 Å². The lowest BCUT2D eigenvalue weighted by atomic mass is 10.1. The molecule has 0 aromatic carbocycles. The van der Waals surface area contributed by atoms with Crippen molar-refractivity contribution in [2.45, 2.75) is 25.8 Å². The lowest BCUT2D eigenvalue weighted by Gasteiger charge is -2.18. The molecule has 1 rings (SSSR count). The number of aliphatic hydroxyl groups is 1. The minimum atomic E-state index is -0.906. The van der Waals surface area contributed by atoms with Gasteiger partial charge in [0.15, 0.2) is 0 Å². The van der Waals surface area contributed by atoms with Crippen molar-refractivity contribution in [3.05, 3.63) is 0 Å². The third kappa shape index (κ3) is 2.98. The van der Waals surface area contributed by atoms with E-state index in [4.69, 9.17) is 5.11 Å². The maximum Gasteiger partial charge on any atom is 0.325 e. The average molecular weight is 257 g/mol. The van der Waals surface area contributed by atoms with Crippen LogP contribution in [-0.4, -0.2) is 65.0 Å². The predicted molar refractivity (Wildman–Crippen MR) is 63.7 cm³/mol. The molecule has 0 atom stereocenters. The van der Waals surface area contributed by atoms with Crippen LogP contribution in [0.2, 0.25) is 0 Å². The van der Waals surface area contributed by atoms with Crippen LogP contribution in [0.25, 0.3) is 0 Å². The number of amides is 4. The summed E-state index contributed by atoms with van der Waals surface area (Å²) in [6, 6.07) is -0.470. The summed E-state index contributed by atoms with van der Waals surface area (Å²) in [5, 5.41) is 11.2. The maximum absolute atomic E-state index is 11.8. The van der Waals surface area contributed by atoms with Crippen molar-refractivity contribution in [2.24, 2.45) is 0 Å². The van der Waals surface area contributed by atoms with Crippen LogP contribution < -0.4 is 5.32 Å². The highest BCUT2D eigenvalue weighted by molar-refractivity contribution is 6.06. The van der Waals surface area contributed by atoms with E-state index < -0.39 is 11.6 Å². The second-order valence-corrected chi connectivity index (χ2v) is 4.80. The monoisotopic (exact) mass is 257 g/mol. The third-order valence-electron chi connectivity index (χ3n) is 2.85. The van der Waals surface area contributed by atoms with Gasteiger partial charge in [0.2, 0.25) is 5.91 Å². The number of nitrogens with one attached hydrogen (secondary N) is 1. The molecule has 0 aromatic heterocycles. The van der Waals surface area contributed by atoms with Gasteiger partial charge in [-0.05, 0) is 13.8 Å². The molecule has 2 N–H and O–H groups in total. The Bertz CT molecular complexity index is 367. The summed E-state index contributed by atoms with van der Waals surface area (Å²) in [6.07, 6.45) is 0.0613. The molecule has 18 heavy (non-hydrogen) atoms. The molecule has 4 amide bonds. The van der Waals surface area contributed by atoms with E-state index in [1.807, 2.05) is 0 Å². The molecule has 1 heterocycles. The van der Waals surface area contributed by atoms with Crippen LogP contribution in [0, 0.1) is 0 Å². The highest BCUT2D eigenvalue weighted by Crippen LogP contribution is 2.16. The Kier molecular flexibility index (Phi) is 4.28. The highest BCUT2D eigenvalue weighted by Gasteiger charge is 2.44. The first-order valence-corrected chi connectivity index (χ1v) is 5.78. The normalized spacial score (nSPS) is 17.9. The number of likely N-dealkylation sites (N-methyl/N-ethyl adjacent to an activating group) is 1. The fourth-order valence-corrected chi connectivity index (χ4v) is 1.69. The topological polar surface area (TPSA) is 89.9 Å². The van der Waals surface area contributed by atoms with Gasteiger partial charge in [-0.25, -0.2) is 4.79 Å². The minimum absolute atomic E-state index is 0.0582. The first-order chi connectivity index (χ1) is 8.29. The molecule has 1 aliphatic rings. The summed E-state index contributed by atoms with van der Waals surface area (Å²) in [4.78, 5) is 37.4. The van der Waals surface area contributed by atoms with Crippen LogP contribution >= 0.6 is 0 Å². The number of aliphatic hydroxyl groups excluding tert-OH is 1. The second kappa shape index (κ2) is 5.34. The van der Waals surface area contributed by atoms with Crippen molar-refractivity contribution in [2.75, 3.05) is 26.7 Å². The van der Waals surface area contributed by atoms with Gasteiger partial charge < -0.3 is 15.3 Å². The van der Waals surface area contributed by atoms with Gasteiger partial charge in [0.1, 0.15) is 5.54 Å². The van der Waals surface area contributed by atoms with Crippen molar-refractivity contribution in [1.82, 2.24) is 15.1 Å². The van der Waals surface area contributed by atoms with E-state index in [1.54, 1.807) is 20.9 Å². The van der Waals surface area contributed by atoms with Crippen molar-refractivity contribution >= 4 is 17.8 Å². The summed E-state index contributed by atoms with van der Waals surface area (Å²) in [5.74, 6) is -0.542. The fourth-order valence-electron chi connectivity index (χ4n) is 1.69. The van der Waals surface area contributed by atoms with Crippen LogP contribution in [0.1, 0.15) is 20.3 Å². The lowest BCUT2D eigenvalue weighted by Crippen LogP contribution is -2.41. The third-order valence-corrected chi connectivity index (χ3v) is 2.85. The molecule has 0 aliphatic carbocycles. The molecular weight excluding hydrogens is 238 g/mol.